The van der Waals surface area contributed by atoms with Crippen molar-refractivity contribution in [1.82, 2.24) is 14.4 Å². The van der Waals surface area contributed by atoms with Gasteiger partial charge in [-0.2, -0.15) is 0 Å². The van der Waals surface area contributed by atoms with E-state index in [1.54, 1.807) is 0 Å². The summed E-state index contributed by atoms with van der Waals surface area (Å²) >= 11 is 0. The summed E-state index contributed by atoms with van der Waals surface area (Å²) in [6, 6.07) is 12.5. The summed E-state index contributed by atoms with van der Waals surface area (Å²) in [4.78, 5) is 17.9. The molecule has 0 spiro atoms. The summed E-state index contributed by atoms with van der Waals surface area (Å²) in [6.45, 7) is 7.99. The molecule has 27 heavy (non-hydrogen) atoms. The van der Waals surface area contributed by atoms with Crippen molar-refractivity contribution in [3.63, 3.8) is 0 Å². The third-order valence-electron chi connectivity index (χ3n) is 6.01. The standard InChI is InChI=1S/C23H33N3O/c1-18-15-22(19(2)25(18)4)23(27)26(14-12-20-9-6-5-7-10-20)17-21-11-8-13-24(3)16-21/h5-7,9-10,15,21H,8,11-14,16-17H2,1-4H3. The van der Waals surface area contributed by atoms with Gasteiger partial charge in [0.2, 0.25) is 0 Å². The molecule has 1 aliphatic heterocycles. The molecule has 2 heterocycles. The average Bonchev–Trinajstić information content (AvgIpc) is 2.93. The van der Waals surface area contributed by atoms with Crippen LogP contribution in [0.4, 0.5) is 0 Å². The molecular formula is C23H33N3O. The Morgan fingerprint density at radius 3 is 2.56 bits per heavy atom. The molecule has 0 N–H and O–H groups in total. The topological polar surface area (TPSA) is 28.5 Å². The smallest absolute Gasteiger partial charge is 0.255 e. The van der Waals surface area contributed by atoms with E-state index < -0.39 is 0 Å². The zero-order valence-corrected chi connectivity index (χ0v) is 17.2. The third kappa shape index (κ3) is 4.81. The largest absolute Gasteiger partial charge is 0.351 e. The monoisotopic (exact) mass is 367 g/mol. The van der Waals surface area contributed by atoms with E-state index in [9.17, 15) is 4.79 Å². The summed E-state index contributed by atoms with van der Waals surface area (Å²) in [7, 11) is 4.22. The number of hydrogen-bond acceptors (Lipinski definition) is 2. The van der Waals surface area contributed by atoms with Gasteiger partial charge in [0.25, 0.3) is 5.91 Å². The van der Waals surface area contributed by atoms with Gasteiger partial charge in [-0.15, -0.1) is 0 Å². The van der Waals surface area contributed by atoms with Gasteiger partial charge >= 0.3 is 0 Å². The molecule has 0 aliphatic carbocycles. The minimum Gasteiger partial charge on any atom is -0.351 e. The van der Waals surface area contributed by atoms with Crippen molar-refractivity contribution in [2.75, 3.05) is 33.2 Å². The van der Waals surface area contributed by atoms with Crippen LogP contribution in [-0.4, -0.2) is 53.5 Å². The Balaban J connectivity index is 1.77. The molecular weight excluding hydrogens is 334 g/mol. The first kappa shape index (κ1) is 19.7. The number of rotatable bonds is 6. The highest BCUT2D eigenvalue weighted by Gasteiger charge is 2.25. The number of piperidine rings is 1. The van der Waals surface area contributed by atoms with Crippen LogP contribution in [-0.2, 0) is 13.5 Å². The molecule has 1 atom stereocenters. The maximum absolute atomic E-state index is 13.4. The molecule has 3 rings (SSSR count). The number of nitrogens with zero attached hydrogens (tertiary/aromatic N) is 3. The molecule has 1 amide bonds. The van der Waals surface area contributed by atoms with Crippen LogP contribution < -0.4 is 0 Å². The zero-order chi connectivity index (χ0) is 19.4. The predicted octanol–water partition coefficient (Wildman–Crippen LogP) is 3.67. The molecule has 0 radical (unpaired) electrons. The van der Waals surface area contributed by atoms with Gasteiger partial charge in [0.1, 0.15) is 0 Å². The molecule has 2 aromatic rings. The van der Waals surface area contributed by atoms with Crippen molar-refractivity contribution in [3.8, 4) is 0 Å². The Morgan fingerprint density at radius 2 is 1.93 bits per heavy atom. The Hall–Kier alpha value is -2.07. The normalized spacial score (nSPS) is 17.9. The number of benzene rings is 1. The van der Waals surface area contributed by atoms with Gasteiger partial charge in [-0.25, -0.2) is 0 Å². The molecule has 4 nitrogen and oxygen atoms in total. The van der Waals surface area contributed by atoms with E-state index in [-0.39, 0.29) is 5.91 Å². The summed E-state index contributed by atoms with van der Waals surface area (Å²) in [5.74, 6) is 0.744. The minimum absolute atomic E-state index is 0.181. The van der Waals surface area contributed by atoms with Gasteiger partial charge in [-0.05, 0) is 64.3 Å². The summed E-state index contributed by atoms with van der Waals surface area (Å²) in [5, 5.41) is 0. The van der Waals surface area contributed by atoms with Crippen LogP contribution in [0.25, 0.3) is 0 Å². The Morgan fingerprint density at radius 1 is 1.19 bits per heavy atom. The molecule has 1 fully saturated rings. The molecule has 0 saturated carbocycles. The molecule has 1 unspecified atom stereocenters. The van der Waals surface area contributed by atoms with E-state index in [0.29, 0.717) is 5.92 Å². The lowest BCUT2D eigenvalue weighted by Gasteiger charge is -2.34. The predicted molar refractivity (Wildman–Crippen MR) is 111 cm³/mol. The molecule has 146 valence electrons. The maximum atomic E-state index is 13.4. The van der Waals surface area contributed by atoms with Crippen molar-refractivity contribution >= 4 is 5.91 Å². The molecule has 1 aliphatic rings. The Kier molecular flexibility index (Phi) is 6.38. The average molecular weight is 368 g/mol. The van der Waals surface area contributed by atoms with Crippen LogP contribution in [0.1, 0.15) is 40.2 Å². The van der Waals surface area contributed by atoms with Gasteiger partial charge in [0.05, 0.1) is 5.56 Å². The van der Waals surface area contributed by atoms with Gasteiger partial charge in [-0.3, -0.25) is 4.79 Å². The summed E-state index contributed by atoms with van der Waals surface area (Å²) in [5.41, 5.74) is 4.34. The zero-order valence-electron chi connectivity index (χ0n) is 17.2. The van der Waals surface area contributed by atoms with E-state index >= 15 is 0 Å². The highest BCUT2D eigenvalue weighted by molar-refractivity contribution is 5.95. The van der Waals surface area contributed by atoms with Crippen molar-refractivity contribution in [2.24, 2.45) is 13.0 Å². The maximum Gasteiger partial charge on any atom is 0.255 e. The van der Waals surface area contributed by atoms with Crippen molar-refractivity contribution in [1.29, 1.82) is 0 Å². The first-order valence-electron chi connectivity index (χ1n) is 10.1. The second kappa shape index (κ2) is 8.75. The van der Waals surface area contributed by atoms with Crippen molar-refractivity contribution < 1.29 is 4.79 Å². The van der Waals surface area contributed by atoms with Gasteiger partial charge in [0, 0.05) is 38.1 Å². The highest BCUT2D eigenvalue weighted by atomic mass is 16.2. The van der Waals surface area contributed by atoms with Crippen LogP contribution in [0.3, 0.4) is 0 Å². The first-order valence-corrected chi connectivity index (χ1v) is 10.1. The molecule has 1 aromatic carbocycles. The second-order valence-corrected chi connectivity index (χ2v) is 8.10. The minimum atomic E-state index is 0.181. The number of hydrogen-bond donors (Lipinski definition) is 0. The lowest BCUT2D eigenvalue weighted by molar-refractivity contribution is 0.0692. The van der Waals surface area contributed by atoms with Crippen LogP contribution in [0, 0.1) is 19.8 Å². The molecule has 4 heteroatoms. The van der Waals surface area contributed by atoms with Crippen molar-refractivity contribution in [2.45, 2.75) is 33.1 Å². The Labute approximate surface area is 163 Å². The van der Waals surface area contributed by atoms with E-state index in [0.717, 1.165) is 43.0 Å². The Bertz CT molecular complexity index is 765. The second-order valence-electron chi connectivity index (χ2n) is 8.10. The van der Waals surface area contributed by atoms with Gasteiger partial charge in [-0.1, -0.05) is 30.3 Å². The third-order valence-corrected chi connectivity index (χ3v) is 6.01. The molecule has 1 saturated heterocycles. The van der Waals surface area contributed by atoms with Crippen LogP contribution in [0.5, 0.6) is 0 Å². The molecule has 1 aromatic heterocycles. The van der Waals surface area contributed by atoms with E-state index in [1.165, 1.54) is 24.9 Å². The fourth-order valence-corrected chi connectivity index (χ4v) is 4.16. The number of aryl methyl sites for hydroxylation is 1. The lowest BCUT2D eigenvalue weighted by atomic mass is 9.97. The number of carbonyl (C=O) groups is 1. The molecule has 0 bridgehead atoms. The first-order chi connectivity index (χ1) is 13.0. The number of carbonyl (C=O) groups excluding carboxylic acids is 1. The van der Waals surface area contributed by atoms with Crippen LogP contribution in [0.2, 0.25) is 0 Å². The highest BCUT2D eigenvalue weighted by Crippen LogP contribution is 2.20. The van der Waals surface area contributed by atoms with Crippen LogP contribution in [0.15, 0.2) is 36.4 Å². The summed E-state index contributed by atoms with van der Waals surface area (Å²) in [6.07, 6.45) is 3.34. The fourth-order valence-electron chi connectivity index (χ4n) is 4.16. The van der Waals surface area contributed by atoms with E-state index in [1.807, 2.05) is 26.1 Å². The summed E-state index contributed by atoms with van der Waals surface area (Å²) < 4.78 is 2.11. The number of aromatic nitrogens is 1. The SMILES string of the molecule is Cc1cc(C(=O)N(CCc2ccccc2)CC2CCCN(C)C2)c(C)n1C. The lowest BCUT2D eigenvalue weighted by Crippen LogP contribution is -2.42. The fraction of sp³-hybridized carbons (Fsp3) is 0.522. The van der Waals surface area contributed by atoms with Crippen molar-refractivity contribution in [3.05, 3.63) is 58.9 Å². The number of likely N-dealkylation sites (tertiary alicyclic amines) is 1. The number of amides is 1. The van der Waals surface area contributed by atoms with E-state index in [2.05, 4.69) is 52.6 Å². The van der Waals surface area contributed by atoms with Gasteiger partial charge < -0.3 is 14.4 Å². The van der Waals surface area contributed by atoms with E-state index in [4.69, 9.17) is 0 Å². The van der Waals surface area contributed by atoms with Gasteiger partial charge in [0.15, 0.2) is 0 Å². The van der Waals surface area contributed by atoms with Crippen LogP contribution >= 0.6 is 0 Å². The quantitative estimate of drug-likeness (QED) is 0.779.